The Morgan fingerprint density at radius 3 is 2.35 bits per heavy atom. The van der Waals surface area contributed by atoms with Crippen molar-refractivity contribution in [2.24, 2.45) is 0 Å². The number of benzene rings is 2. The van der Waals surface area contributed by atoms with Crippen molar-refractivity contribution in [3.63, 3.8) is 0 Å². The van der Waals surface area contributed by atoms with Crippen molar-refractivity contribution in [3.05, 3.63) is 59.2 Å². The van der Waals surface area contributed by atoms with Crippen LogP contribution in [0.3, 0.4) is 0 Å². The summed E-state index contributed by atoms with van der Waals surface area (Å²) in [7, 11) is 0.532. The van der Waals surface area contributed by atoms with Gasteiger partial charge in [0.25, 0.3) is 0 Å². The first kappa shape index (κ1) is 20.0. The average Bonchev–Trinajstić information content (AvgIpc) is 2.63. The topological polar surface area (TPSA) is 0 Å². The van der Waals surface area contributed by atoms with Crippen LogP contribution >= 0.6 is 24.8 Å². The van der Waals surface area contributed by atoms with Crippen molar-refractivity contribution in [1.82, 2.24) is 0 Å². The molecule has 1 aliphatic carbocycles. The molecule has 0 heterocycles. The van der Waals surface area contributed by atoms with E-state index in [1.807, 2.05) is 12.6 Å². The standard InChI is InChI=1S/C14H10F2Si.2ClH.Zr/c1-17-14-11-7-8(15)5-6-9(11)10-3-2-4-12(16)13(10)14;;;/h2-7,14H,1H3;2*1H;. The molecule has 3 rings (SSSR count). The molecule has 1 unspecified atom stereocenters. The van der Waals surface area contributed by atoms with Gasteiger partial charge in [-0.15, -0.1) is 24.8 Å². The van der Waals surface area contributed by atoms with Crippen molar-refractivity contribution in [2.45, 2.75) is 12.1 Å². The van der Waals surface area contributed by atoms with Crippen LogP contribution in [0.25, 0.3) is 11.1 Å². The van der Waals surface area contributed by atoms with Gasteiger partial charge in [-0.1, -0.05) is 24.7 Å². The summed E-state index contributed by atoms with van der Waals surface area (Å²) in [5.41, 5.74) is 3.55. The molecule has 2 aromatic carbocycles. The summed E-state index contributed by atoms with van der Waals surface area (Å²) >= 11 is 0. The summed E-state index contributed by atoms with van der Waals surface area (Å²) < 4.78 is 27.2. The number of fused-ring (bicyclic) bond motifs is 3. The van der Waals surface area contributed by atoms with Gasteiger partial charge in [-0.05, 0) is 40.5 Å². The molecule has 104 valence electrons. The van der Waals surface area contributed by atoms with Crippen LogP contribution in [0, 0.1) is 11.6 Å². The SMILES string of the molecule is C[Si]C1c2cc(F)ccc2-c2cccc(F)c21.Cl.Cl.[Zr]. The van der Waals surface area contributed by atoms with E-state index < -0.39 is 0 Å². The Labute approximate surface area is 151 Å². The molecular weight excluding hydrogens is 396 g/mol. The Hall–Kier alpha value is -0.0200. The fourth-order valence-electron chi connectivity index (χ4n) is 2.54. The summed E-state index contributed by atoms with van der Waals surface area (Å²) in [6.45, 7) is 2.03. The Morgan fingerprint density at radius 2 is 1.70 bits per heavy atom. The van der Waals surface area contributed by atoms with Crippen molar-refractivity contribution < 1.29 is 35.0 Å². The zero-order chi connectivity index (χ0) is 12.0. The zero-order valence-electron chi connectivity index (χ0n) is 10.6. The number of rotatable bonds is 1. The second-order valence-corrected chi connectivity index (χ2v) is 5.31. The number of halogens is 4. The van der Waals surface area contributed by atoms with Gasteiger partial charge in [0.1, 0.15) is 11.6 Å². The molecule has 1 aliphatic rings. The second-order valence-electron chi connectivity index (χ2n) is 4.15. The van der Waals surface area contributed by atoms with E-state index in [0.717, 1.165) is 22.3 Å². The van der Waals surface area contributed by atoms with Crippen LogP contribution in [-0.2, 0) is 26.2 Å². The minimum absolute atomic E-state index is 0. The van der Waals surface area contributed by atoms with Gasteiger partial charge in [0, 0.05) is 31.7 Å². The van der Waals surface area contributed by atoms with E-state index in [-0.39, 0.29) is 68.2 Å². The zero-order valence-corrected chi connectivity index (χ0v) is 15.7. The van der Waals surface area contributed by atoms with E-state index in [1.165, 1.54) is 18.2 Å². The van der Waals surface area contributed by atoms with Gasteiger partial charge in [-0.2, -0.15) is 0 Å². The van der Waals surface area contributed by atoms with Crippen molar-refractivity contribution in [2.75, 3.05) is 0 Å². The minimum atomic E-state index is -0.250. The number of hydrogen-bond donors (Lipinski definition) is 0. The largest absolute Gasteiger partial charge is 0.207 e. The molecule has 0 saturated heterocycles. The summed E-state index contributed by atoms with van der Waals surface area (Å²) in [6, 6.07) is 9.83. The predicted octanol–water partition coefficient (Wildman–Crippen LogP) is 4.63. The monoisotopic (exact) mass is 406 g/mol. The summed E-state index contributed by atoms with van der Waals surface area (Å²) in [5.74, 6) is -0.432. The van der Waals surface area contributed by atoms with E-state index >= 15 is 0 Å². The molecule has 0 aromatic heterocycles. The van der Waals surface area contributed by atoms with Gasteiger partial charge in [-0.25, -0.2) is 8.78 Å². The Bertz CT molecular complexity index is 608. The molecular formula is C14H12Cl2F2SiZr. The van der Waals surface area contributed by atoms with Crippen LogP contribution in [0.5, 0.6) is 0 Å². The smallest absolute Gasteiger partial charge is 0.127 e. The van der Waals surface area contributed by atoms with E-state index in [1.54, 1.807) is 12.1 Å². The third-order valence-electron chi connectivity index (χ3n) is 3.25. The molecule has 0 saturated carbocycles. The van der Waals surface area contributed by atoms with Gasteiger partial charge in [-0.3, -0.25) is 0 Å². The third-order valence-corrected chi connectivity index (χ3v) is 4.42. The van der Waals surface area contributed by atoms with Crippen molar-refractivity contribution in [1.29, 1.82) is 0 Å². The molecule has 0 bridgehead atoms. The van der Waals surface area contributed by atoms with E-state index in [4.69, 9.17) is 0 Å². The third kappa shape index (κ3) is 3.09. The summed E-state index contributed by atoms with van der Waals surface area (Å²) in [6.07, 6.45) is 0. The second kappa shape index (κ2) is 7.84. The van der Waals surface area contributed by atoms with Crippen molar-refractivity contribution >= 4 is 34.3 Å². The maximum atomic E-state index is 13.9. The average molecular weight is 408 g/mol. The molecule has 0 nitrogen and oxygen atoms in total. The predicted molar refractivity (Wildman–Crippen MR) is 79.8 cm³/mol. The normalized spacial score (nSPS) is 14.2. The molecule has 0 aliphatic heterocycles. The van der Waals surface area contributed by atoms with Crippen LogP contribution in [0.4, 0.5) is 8.78 Å². The Kier molecular flexibility index (Phi) is 7.83. The summed E-state index contributed by atoms with van der Waals surface area (Å²) in [5, 5.41) is 0. The van der Waals surface area contributed by atoms with E-state index in [9.17, 15) is 8.78 Å². The maximum absolute atomic E-state index is 13.9. The molecule has 2 radical (unpaired) electrons. The van der Waals surface area contributed by atoms with Gasteiger partial charge < -0.3 is 0 Å². The van der Waals surface area contributed by atoms with Crippen LogP contribution in [-0.4, -0.2) is 9.52 Å². The summed E-state index contributed by atoms with van der Waals surface area (Å²) in [4.78, 5) is 0. The molecule has 1 atom stereocenters. The van der Waals surface area contributed by atoms with Crippen LogP contribution in [0.15, 0.2) is 36.4 Å². The van der Waals surface area contributed by atoms with E-state index in [2.05, 4.69) is 0 Å². The molecule has 20 heavy (non-hydrogen) atoms. The molecule has 0 N–H and O–H groups in total. The Balaban J connectivity index is 0.00000120. The first-order valence-corrected chi connectivity index (χ1v) is 7.05. The fourth-order valence-corrected chi connectivity index (χ4v) is 3.67. The van der Waals surface area contributed by atoms with Gasteiger partial charge in [0.05, 0.1) is 9.52 Å². The first-order valence-electron chi connectivity index (χ1n) is 5.48. The van der Waals surface area contributed by atoms with Gasteiger partial charge in [0.2, 0.25) is 0 Å². The Morgan fingerprint density at radius 1 is 1.00 bits per heavy atom. The van der Waals surface area contributed by atoms with Crippen molar-refractivity contribution in [3.8, 4) is 11.1 Å². The molecule has 0 fully saturated rings. The van der Waals surface area contributed by atoms with Gasteiger partial charge in [0.15, 0.2) is 0 Å². The van der Waals surface area contributed by atoms with E-state index in [0.29, 0.717) is 9.52 Å². The maximum Gasteiger partial charge on any atom is 0.127 e. The molecule has 0 spiro atoms. The first-order chi connectivity index (χ1) is 8.22. The van der Waals surface area contributed by atoms with Gasteiger partial charge >= 0.3 is 0 Å². The quantitative estimate of drug-likeness (QED) is 0.604. The minimum Gasteiger partial charge on any atom is -0.207 e. The molecule has 0 amide bonds. The molecule has 2 aromatic rings. The van der Waals surface area contributed by atoms with Crippen LogP contribution in [0.1, 0.15) is 16.7 Å². The van der Waals surface area contributed by atoms with Crippen LogP contribution in [0.2, 0.25) is 6.55 Å². The van der Waals surface area contributed by atoms with Crippen LogP contribution < -0.4 is 0 Å². The number of hydrogen-bond acceptors (Lipinski definition) is 0. The fraction of sp³-hybridized carbons (Fsp3) is 0.143. The molecule has 6 heteroatoms.